The zero-order valence-electron chi connectivity index (χ0n) is 15.0. The van der Waals surface area contributed by atoms with E-state index in [-0.39, 0.29) is 11.9 Å². The van der Waals surface area contributed by atoms with E-state index in [2.05, 4.69) is 5.10 Å². The van der Waals surface area contributed by atoms with Crippen LogP contribution in [0.2, 0.25) is 0 Å². The Kier molecular flexibility index (Phi) is 5.71. The summed E-state index contributed by atoms with van der Waals surface area (Å²) in [4.78, 5) is 25.9. The number of rotatable bonds is 6. The fourth-order valence-electron chi connectivity index (χ4n) is 3.67. The number of hydrogen-bond donors (Lipinski definition) is 1. The summed E-state index contributed by atoms with van der Waals surface area (Å²) in [6, 6.07) is 8.77. The summed E-state index contributed by atoms with van der Waals surface area (Å²) < 4.78 is 1.74. The summed E-state index contributed by atoms with van der Waals surface area (Å²) in [5, 5.41) is 13.3. The van der Waals surface area contributed by atoms with Crippen LogP contribution in [-0.2, 0) is 11.2 Å². The lowest BCUT2D eigenvalue weighted by atomic mass is 9.89. The van der Waals surface area contributed by atoms with Crippen molar-refractivity contribution in [1.82, 2.24) is 14.7 Å². The summed E-state index contributed by atoms with van der Waals surface area (Å²) in [5.41, 5.74) is 1.39. The molecule has 3 rings (SSSR count). The Morgan fingerprint density at radius 2 is 2.04 bits per heavy atom. The molecule has 1 aliphatic rings. The number of nitrogens with zero attached hydrogens (tertiary/aromatic N) is 3. The number of carboxylic acid groups (broad SMARTS) is 1. The SMILES string of the molecule is CC[C@H](C(=O)N1CCC(Cc2cccc(C(=O)O)c2)CC1)n1cccn1. The zero-order valence-corrected chi connectivity index (χ0v) is 15.0. The molecule has 1 amide bonds. The standard InChI is InChI=1S/C20H25N3O3/c1-2-18(23-10-4-9-21-23)19(24)22-11-7-15(8-12-22)13-16-5-3-6-17(14-16)20(25)26/h3-6,9-10,14-15,18H,2,7-8,11-13H2,1H3,(H,25,26)/t18-/m1/s1. The van der Waals surface area contributed by atoms with E-state index in [0.717, 1.165) is 44.3 Å². The Hall–Kier alpha value is -2.63. The molecule has 1 fully saturated rings. The first kappa shape index (κ1) is 18.2. The van der Waals surface area contributed by atoms with E-state index in [1.165, 1.54) is 0 Å². The van der Waals surface area contributed by atoms with E-state index in [9.17, 15) is 9.59 Å². The summed E-state index contributed by atoms with van der Waals surface area (Å²) in [6.45, 7) is 3.51. The minimum atomic E-state index is -0.892. The molecular weight excluding hydrogens is 330 g/mol. The highest BCUT2D eigenvalue weighted by Crippen LogP contribution is 2.24. The number of aromatic carboxylic acids is 1. The molecule has 1 aliphatic heterocycles. The van der Waals surface area contributed by atoms with Crippen LogP contribution in [0.15, 0.2) is 42.7 Å². The van der Waals surface area contributed by atoms with Crippen molar-refractivity contribution in [3.8, 4) is 0 Å². The first-order valence-corrected chi connectivity index (χ1v) is 9.18. The molecule has 1 N–H and O–H groups in total. The van der Waals surface area contributed by atoms with E-state index in [4.69, 9.17) is 5.11 Å². The van der Waals surface area contributed by atoms with Crippen molar-refractivity contribution in [3.05, 3.63) is 53.9 Å². The van der Waals surface area contributed by atoms with Gasteiger partial charge < -0.3 is 10.0 Å². The van der Waals surface area contributed by atoms with E-state index in [0.29, 0.717) is 11.5 Å². The van der Waals surface area contributed by atoms with Crippen molar-refractivity contribution in [3.63, 3.8) is 0 Å². The predicted octanol–water partition coefficient (Wildman–Crippen LogP) is 3.01. The average molecular weight is 355 g/mol. The van der Waals surface area contributed by atoms with Crippen molar-refractivity contribution in [2.75, 3.05) is 13.1 Å². The molecule has 0 aliphatic carbocycles. The molecule has 1 aromatic heterocycles. The Balaban J connectivity index is 1.56. The Labute approximate surface area is 153 Å². The van der Waals surface area contributed by atoms with Gasteiger partial charge in [-0.15, -0.1) is 0 Å². The van der Waals surface area contributed by atoms with Gasteiger partial charge in [0.1, 0.15) is 6.04 Å². The number of hydrogen-bond acceptors (Lipinski definition) is 3. The molecule has 0 saturated carbocycles. The topological polar surface area (TPSA) is 75.4 Å². The number of likely N-dealkylation sites (tertiary alicyclic amines) is 1. The Morgan fingerprint density at radius 3 is 2.65 bits per heavy atom. The number of amides is 1. The van der Waals surface area contributed by atoms with Gasteiger partial charge in [-0.05, 0) is 55.4 Å². The number of carbonyl (C=O) groups excluding carboxylic acids is 1. The minimum Gasteiger partial charge on any atom is -0.478 e. The fourth-order valence-corrected chi connectivity index (χ4v) is 3.67. The Morgan fingerprint density at radius 1 is 1.27 bits per heavy atom. The van der Waals surface area contributed by atoms with Crippen LogP contribution in [0.5, 0.6) is 0 Å². The van der Waals surface area contributed by atoms with Crippen LogP contribution in [0, 0.1) is 5.92 Å². The molecule has 0 unspecified atom stereocenters. The van der Waals surface area contributed by atoms with Crippen LogP contribution in [0.3, 0.4) is 0 Å². The van der Waals surface area contributed by atoms with Gasteiger partial charge in [0.15, 0.2) is 0 Å². The number of carboxylic acids is 1. The molecule has 1 aromatic carbocycles. The molecule has 0 bridgehead atoms. The smallest absolute Gasteiger partial charge is 0.335 e. The summed E-state index contributed by atoms with van der Waals surface area (Å²) in [6.07, 6.45) is 7.01. The molecule has 26 heavy (non-hydrogen) atoms. The van der Waals surface area contributed by atoms with Crippen LogP contribution in [0.25, 0.3) is 0 Å². The zero-order chi connectivity index (χ0) is 18.5. The number of aromatic nitrogens is 2. The highest BCUT2D eigenvalue weighted by Gasteiger charge is 2.28. The second-order valence-electron chi connectivity index (χ2n) is 6.89. The third-order valence-corrected chi connectivity index (χ3v) is 5.14. The molecule has 138 valence electrons. The highest BCUT2D eigenvalue weighted by molar-refractivity contribution is 5.87. The molecule has 0 spiro atoms. The molecule has 6 nitrogen and oxygen atoms in total. The monoisotopic (exact) mass is 355 g/mol. The molecule has 2 aromatic rings. The minimum absolute atomic E-state index is 0.141. The predicted molar refractivity (Wildman–Crippen MR) is 98.0 cm³/mol. The van der Waals surface area contributed by atoms with E-state index < -0.39 is 5.97 Å². The van der Waals surface area contributed by atoms with Crippen molar-refractivity contribution in [2.45, 2.75) is 38.6 Å². The summed E-state index contributed by atoms with van der Waals surface area (Å²) in [5.74, 6) is -0.271. The van der Waals surface area contributed by atoms with Gasteiger partial charge in [0.2, 0.25) is 5.91 Å². The van der Waals surface area contributed by atoms with E-state index in [1.807, 2.05) is 30.2 Å². The van der Waals surface area contributed by atoms with Gasteiger partial charge in [0.25, 0.3) is 0 Å². The normalized spacial score (nSPS) is 16.4. The number of carbonyl (C=O) groups is 2. The third-order valence-electron chi connectivity index (χ3n) is 5.14. The number of piperidine rings is 1. The van der Waals surface area contributed by atoms with Crippen molar-refractivity contribution in [1.29, 1.82) is 0 Å². The van der Waals surface area contributed by atoms with Crippen LogP contribution < -0.4 is 0 Å². The maximum Gasteiger partial charge on any atom is 0.335 e. The fraction of sp³-hybridized carbons (Fsp3) is 0.450. The van der Waals surface area contributed by atoms with Crippen molar-refractivity contribution < 1.29 is 14.7 Å². The summed E-state index contributed by atoms with van der Waals surface area (Å²) in [7, 11) is 0. The lowest BCUT2D eigenvalue weighted by Gasteiger charge is -2.34. The van der Waals surface area contributed by atoms with Crippen molar-refractivity contribution in [2.24, 2.45) is 5.92 Å². The van der Waals surface area contributed by atoms with Crippen LogP contribution in [-0.4, -0.2) is 44.8 Å². The van der Waals surface area contributed by atoms with Crippen LogP contribution in [0.1, 0.15) is 48.1 Å². The van der Waals surface area contributed by atoms with E-state index >= 15 is 0 Å². The van der Waals surface area contributed by atoms with E-state index in [1.54, 1.807) is 29.1 Å². The van der Waals surface area contributed by atoms with Crippen LogP contribution in [0.4, 0.5) is 0 Å². The maximum atomic E-state index is 12.8. The maximum absolute atomic E-state index is 12.8. The first-order chi connectivity index (χ1) is 12.6. The second kappa shape index (κ2) is 8.17. The van der Waals surface area contributed by atoms with Gasteiger partial charge >= 0.3 is 5.97 Å². The molecule has 0 radical (unpaired) electrons. The number of benzene rings is 1. The van der Waals surface area contributed by atoms with Gasteiger partial charge in [-0.3, -0.25) is 9.48 Å². The average Bonchev–Trinajstić information content (AvgIpc) is 3.17. The highest BCUT2D eigenvalue weighted by atomic mass is 16.4. The molecule has 2 heterocycles. The molecular formula is C20H25N3O3. The molecule has 6 heteroatoms. The quantitative estimate of drug-likeness (QED) is 0.864. The van der Waals surface area contributed by atoms with Crippen LogP contribution >= 0.6 is 0 Å². The Bertz CT molecular complexity index is 749. The largest absolute Gasteiger partial charge is 0.478 e. The molecule has 1 saturated heterocycles. The lowest BCUT2D eigenvalue weighted by molar-refractivity contribution is -0.136. The third kappa shape index (κ3) is 4.12. The van der Waals surface area contributed by atoms with Gasteiger partial charge in [0, 0.05) is 25.5 Å². The van der Waals surface area contributed by atoms with Crippen molar-refractivity contribution >= 4 is 11.9 Å². The van der Waals surface area contributed by atoms with Gasteiger partial charge in [0.05, 0.1) is 5.56 Å². The van der Waals surface area contributed by atoms with Gasteiger partial charge in [-0.1, -0.05) is 19.1 Å². The van der Waals surface area contributed by atoms with Gasteiger partial charge in [-0.2, -0.15) is 5.10 Å². The first-order valence-electron chi connectivity index (χ1n) is 9.18. The molecule has 1 atom stereocenters. The lowest BCUT2D eigenvalue weighted by Crippen LogP contribution is -2.42. The van der Waals surface area contributed by atoms with Gasteiger partial charge in [-0.25, -0.2) is 4.79 Å². The second-order valence-corrected chi connectivity index (χ2v) is 6.89. The summed E-state index contributed by atoms with van der Waals surface area (Å²) >= 11 is 0.